The Morgan fingerprint density at radius 1 is 1.00 bits per heavy atom. The largest absolute Gasteiger partial charge is 0.508 e. The third-order valence-corrected chi connectivity index (χ3v) is 4.05. The smallest absolute Gasteiger partial charge is 0.309 e. The van der Waals surface area contributed by atoms with Crippen molar-refractivity contribution >= 4 is 5.97 Å². The predicted molar refractivity (Wildman–Crippen MR) is 73.8 cm³/mol. The molecule has 2 aliphatic rings. The molecule has 1 fully saturated rings. The maximum absolute atomic E-state index is 11.8. The maximum Gasteiger partial charge on any atom is 0.309 e. The van der Waals surface area contributed by atoms with E-state index in [4.69, 9.17) is 9.47 Å². The van der Waals surface area contributed by atoms with Crippen molar-refractivity contribution in [2.45, 2.75) is 18.1 Å². The molecule has 1 saturated heterocycles. The fraction of sp³-hybridized carbons (Fsp3) is 0.188. The summed E-state index contributed by atoms with van der Waals surface area (Å²) < 4.78 is 11.2. The van der Waals surface area contributed by atoms with E-state index >= 15 is 0 Å². The minimum atomic E-state index is -1.39. The first-order valence-electron chi connectivity index (χ1n) is 6.75. The Bertz CT molecular complexity index is 746. The Morgan fingerprint density at radius 3 is 2.00 bits per heavy atom. The first-order valence-corrected chi connectivity index (χ1v) is 6.75. The van der Waals surface area contributed by atoms with Gasteiger partial charge in [-0.2, -0.15) is 0 Å². The molecule has 6 nitrogen and oxygen atoms in total. The molecule has 1 atom stereocenters. The number of carbonyl (C=O) groups excluding carboxylic acids is 1. The van der Waals surface area contributed by atoms with Crippen molar-refractivity contribution in [3.63, 3.8) is 0 Å². The highest BCUT2D eigenvalue weighted by molar-refractivity contribution is 5.77. The van der Waals surface area contributed by atoms with Crippen LogP contribution in [0, 0.1) is 0 Å². The topological polar surface area (TPSA) is 96.2 Å². The molecule has 0 aromatic heterocycles. The zero-order valence-corrected chi connectivity index (χ0v) is 11.3. The summed E-state index contributed by atoms with van der Waals surface area (Å²) in [7, 11) is 0. The standard InChI is InChI=1S/C16H12O6/c17-8-1-3-10-12(5-8)21-13-6-9(18)2-4-11(13)16(10)14(19)7-15(20)22-16/h1-6,14,17-19H,7H2. The van der Waals surface area contributed by atoms with Crippen LogP contribution in [0.1, 0.15) is 17.5 Å². The average molecular weight is 300 g/mol. The fourth-order valence-electron chi connectivity index (χ4n) is 3.13. The summed E-state index contributed by atoms with van der Waals surface area (Å²) in [6, 6.07) is 8.75. The summed E-state index contributed by atoms with van der Waals surface area (Å²) in [6.45, 7) is 0. The van der Waals surface area contributed by atoms with Crippen molar-refractivity contribution in [1.29, 1.82) is 0 Å². The molecule has 0 saturated carbocycles. The van der Waals surface area contributed by atoms with E-state index in [-0.39, 0.29) is 29.4 Å². The van der Waals surface area contributed by atoms with Crippen LogP contribution in [0.25, 0.3) is 0 Å². The summed E-state index contributed by atoms with van der Waals surface area (Å²) in [5.74, 6) is -0.0150. The molecule has 3 N–H and O–H groups in total. The lowest BCUT2D eigenvalue weighted by atomic mass is 9.79. The normalized spacial score (nSPS) is 21.0. The number of aliphatic hydroxyl groups is 1. The Balaban J connectivity index is 2.04. The van der Waals surface area contributed by atoms with Crippen molar-refractivity contribution < 1.29 is 29.6 Å². The molecule has 112 valence electrons. The molecule has 4 rings (SSSR count). The molecule has 0 bridgehead atoms. The van der Waals surface area contributed by atoms with Gasteiger partial charge in [0.1, 0.15) is 29.1 Å². The molecule has 0 amide bonds. The lowest BCUT2D eigenvalue weighted by Crippen LogP contribution is -2.40. The van der Waals surface area contributed by atoms with Crippen LogP contribution in [0.3, 0.4) is 0 Å². The Hall–Kier alpha value is -2.73. The van der Waals surface area contributed by atoms with Crippen LogP contribution < -0.4 is 4.74 Å². The number of carbonyl (C=O) groups is 1. The highest BCUT2D eigenvalue weighted by Gasteiger charge is 2.56. The molecule has 6 heteroatoms. The van der Waals surface area contributed by atoms with Gasteiger partial charge in [-0.1, -0.05) is 0 Å². The highest BCUT2D eigenvalue weighted by atomic mass is 16.6. The van der Waals surface area contributed by atoms with Crippen LogP contribution in [-0.2, 0) is 15.1 Å². The molecule has 0 aliphatic carbocycles. The lowest BCUT2D eigenvalue weighted by molar-refractivity contribution is -0.148. The number of phenols is 2. The third kappa shape index (κ3) is 1.55. The van der Waals surface area contributed by atoms with E-state index in [0.717, 1.165) is 0 Å². The first kappa shape index (κ1) is 13.0. The molecule has 2 aromatic rings. The number of aliphatic hydroxyl groups excluding tert-OH is 1. The minimum absolute atomic E-state index is 0.0173. The van der Waals surface area contributed by atoms with Crippen molar-refractivity contribution in [3.8, 4) is 23.0 Å². The van der Waals surface area contributed by atoms with E-state index < -0.39 is 17.7 Å². The van der Waals surface area contributed by atoms with Gasteiger partial charge in [0, 0.05) is 23.3 Å². The van der Waals surface area contributed by atoms with E-state index in [1.54, 1.807) is 12.1 Å². The zero-order valence-electron chi connectivity index (χ0n) is 11.3. The number of benzene rings is 2. The molecule has 1 unspecified atom stereocenters. The second-order valence-corrected chi connectivity index (χ2v) is 5.39. The molecule has 2 aromatic carbocycles. The second-order valence-electron chi connectivity index (χ2n) is 5.39. The number of hydrogen-bond donors (Lipinski definition) is 3. The molecule has 1 spiro atoms. The van der Waals surface area contributed by atoms with Crippen molar-refractivity contribution in [1.82, 2.24) is 0 Å². The van der Waals surface area contributed by atoms with Gasteiger partial charge in [-0.25, -0.2) is 0 Å². The lowest BCUT2D eigenvalue weighted by Gasteiger charge is -2.37. The third-order valence-electron chi connectivity index (χ3n) is 4.05. The predicted octanol–water partition coefficient (Wildman–Crippen LogP) is 1.75. The summed E-state index contributed by atoms with van der Waals surface area (Å²) in [6.07, 6.45) is -1.23. The zero-order chi connectivity index (χ0) is 15.5. The molecule has 2 aliphatic heterocycles. The van der Waals surface area contributed by atoms with Crippen molar-refractivity contribution in [3.05, 3.63) is 47.5 Å². The fourth-order valence-corrected chi connectivity index (χ4v) is 3.13. The average Bonchev–Trinajstić information content (AvgIpc) is 2.74. The Morgan fingerprint density at radius 2 is 1.55 bits per heavy atom. The van der Waals surface area contributed by atoms with E-state index in [1.165, 1.54) is 24.3 Å². The summed E-state index contributed by atoms with van der Waals surface area (Å²) >= 11 is 0. The number of hydrogen-bond acceptors (Lipinski definition) is 6. The van der Waals surface area contributed by atoms with Crippen LogP contribution in [0.5, 0.6) is 23.0 Å². The van der Waals surface area contributed by atoms with E-state index in [9.17, 15) is 20.1 Å². The molecule has 0 radical (unpaired) electrons. The van der Waals surface area contributed by atoms with Crippen LogP contribution in [-0.4, -0.2) is 27.4 Å². The van der Waals surface area contributed by atoms with Gasteiger partial charge in [0.2, 0.25) is 0 Å². The van der Waals surface area contributed by atoms with Gasteiger partial charge >= 0.3 is 5.97 Å². The molecule has 22 heavy (non-hydrogen) atoms. The van der Waals surface area contributed by atoms with Crippen LogP contribution in [0.4, 0.5) is 0 Å². The van der Waals surface area contributed by atoms with Gasteiger partial charge in [-0.05, 0) is 24.3 Å². The number of ether oxygens (including phenoxy) is 2. The summed E-state index contributed by atoms with van der Waals surface area (Å²) in [5.41, 5.74) is -0.467. The van der Waals surface area contributed by atoms with Crippen molar-refractivity contribution in [2.24, 2.45) is 0 Å². The SMILES string of the molecule is O=C1CC(O)C2(O1)c1ccc(O)cc1Oc1cc(O)ccc12. The summed E-state index contributed by atoms with van der Waals surface area (Å²) in [4.78, 5) is 11.8. The van der Waals surface area contributed by atoms with E-state index in [2.05, 4.69) is 0 Å². The molecular weight excluding hydrogens is 288 g/mol. The number of fused-ring (bicyclic) bond motifs is 4. The minimum Gasteiger partial charge on any atom is -0.508 e. The van der Waals surface area contributed by atoms with Gasteiger partial charge in [0.25, 0.3) is 0 Å². The van der Waals surface area contributed by atoms with Gasteiger partial charge in [0.15, 0.2) is 5.60 Å². The number of aromatic hydroxyl groups is 2. The highest BCUT2D eigenvalue weighted by Crippen LogP contribution is 2.54. The Kier molecular flexibility index (Phi) is 2.44. The molecular formula is C16H12O6. The van der Waals surface area contributed by atoms with E-state index in [0.29, 0.717) is 11.1 Å². The van der Waals surface area contributed by atoms with Crippen LogP contribution in [0.2, 0.25) is 0 Å². The van der Waals surface area contributed by atoms with Gasteiger partial charge in [0.05, 0.1) is 6.42 Å². The maximum atomic E-state index is 11.8. The Labute approximate surface area is 125 Å². The number of rotatable bonds is 0. The molecule has 2 heterocycles. The monoisotopic (exact) mass is 300 g/mol. The second kappa shape index (κ2) is 4.14. The number of phenolic OH excluding ortho intramolecular Hbond substituents is 2. The van der Waals surface area contributed by atoms with Crippen molar-refractivity contribution in [2.75, 3.05) is 0 Å². The van der Waals surface area contributed by atoms with Gasteiger partial charge < -0.3 is 24.8 Å². The van der Waals surface area contributed by atoms with Gasteiger partial charge in [-0.3, -0.25) is 4.79 Å². The summed E-state index contributed by atoms with van der Waals surface area (Å²) in [5, 5.41) is 29.8. The first-order chi connectivity index (χ1) is 10.5. The number of esters is 1. The quantitative estimate of drug-likeness (QED) is 0.642. The van der Waals surface area contributed by atoms with Gasteiger partial charge in [-0.15, -0.1) is 0 Å². The van der Waals surface area contributed by atoms with E-state index in [1.807, 2.05) is 0 Å². The van der Waals surface area contributed by atoms with Crippen LogP contribution >= 0.6 is 0 Å². The van der Waals surface area contributed by atoms with Crippen LogP contribution in [0.15, 0.2) is 36.4 Å².